The van der Waals surface area contributed by atoms with Crippen LogP contribution in [0.3, 0.4) is 0 Å². The Kier molecular flexibility index (Phi) is 12.9. The fourth-order valence-electron chi connectivity index (χ4n) is 3.81. The van der Waals surface area contributed by atoms with Gasteiger partial charge in [0.25, 0.3) is 0 Å². The zero-order chi connectivity index (χ0) is 19.6. The number of morpholine rings is 2. The first-order valence-corrected chi connectivity index (χ1v) is 10.6. The van der Waals surface area contributed by atoms with Gasteiger partial charge in [-0.2, -0.15) is 0 Å². The average Bonchev–Trinajstić information content (AvgIpc) is 2.61. The van der Waals surface area contributed by atoms with E-state index in [2.05, 4.69) is 53.1 Å². The van der Waals surface area contributed by atoms with Crippen LogP contribution < -0.4 is 10.6 Å². The van der Waals surface area contributed by atoms with Crippen molar-refractivity contribution in [2.45, 2.75) is 39.9 Å². The van der Waals surface area contributed by atoms with Crippen LogP contribution in [0.1, 0.15) is 27.7 Å². The Morgan fingerprint density at radius 3 is 1.68 bits per heavy atom. The number of rotatable bonds is 8. The third kappa shape index (κ3) is 10.0. The van der Waals surface area contributed by atoms with Gasteiger partial charge in [0.2, 0.25) is 0 Å². The number of halogens is 1. The van der Waals surface area contributed by atoms with Crippen LogP contribution in [0.2, 0.25) is 0 Å². The molecule has 0 amide bonds. The zero-order valence-corrected chi connectivity index (χ0v) is 20.8. The van der Waals surface area contributed by atoms with Gasteiger partial charge in [0.15, 0.2) is 5.96 Å². The van der Waals surface area contributed by atoms with E-state index in [-0.39, 0.29) is 36.2 Å². The molecule has 2 unspecified atom stereocenters. The summed E-state index contributed by atoms with van der Waals surface area (Å²) in [5.74, 6) is 2.21. The molecule has 0 bridgehead atoms. The van der Waals surface area contributed by atoms with Crippen molar-refractivity contribution in [1.29, 1.82) is 0 Å². The molecule has 2 rings (SSSR count). The lowest BCUT2D eigenvalue weighted by Gasteiger charge is -2.35. The summed E-state index contributed by atoms with van der Waals surface area (Å²) in [4.78, 5) is 9.34. The Morgan fingerprint density at radius 1 is 0.893 bits per heavy atom. The van der Waals surface area contributed by atoms with Crippen LogP contribution in [0.25, 0.3) is 0 Å². The standard InChI is InChI=1S/C20H41N5O2.HI/c1-16(2)12-24-6-8-26-18(14-24)10-22-20(21-5)23-11-19-15-25(7-9-27-19)13-17(3)4;/h16-19H,6-15H2,1-5H3,(H2,21,22,23);1H. The zero-order valence-electron chi connectivity index (χ0n) is 18.4. The van der Waals surface area contributed by atoms with Crippen LogP contribution in [-0.4, -0.2) is 101 Å². The summed E-state index contributed by atoms with van der Waals surface area (Å²) in [5, 5.41) is 6.83. The minimum absolute atomic E-state index is 0. The number of guanidine groups is 1. The van der Waals surface area contributed by atoms with E-state index < -0.39 is 0 Å². The fraction of sp³-hybridized carbons (Fsp3) is 0.950. The summed E-state index contributed by atoms with van der Waals surface area (Å²) >= 11 is 0. The predicted molar refractivity (Wildman–Crippen MR) is 127 cm³/mol. The lowest BCUT2D eigenvalue weighted by molar-refractivity contribution is -0.0298. The van der Waals surface area contributed by atoms with Crippen molar-refractivity contribution in [3.8, 4) is 0 Å². The summed E-state index contributed by atoms with van der Waals surface area (Å²) in [6, 6.07) is 0. The van der Waals surface area contributed by atoms with Gasteiger partial charge in [-0.1, -0.05) is 27.7 Å². The molecule has 0 aromatic rings. The molecule has 2 aliphatic heterocycles. The topological polar surface area (TPSA) is 61.4 Å². The normalized spacial score (nSPS) is 24.1. The molecule has 2 aliphatic rings. The summed E-state index contributed by atoms with van der Waals surface area (Å²) in [7, 11) is 1.81. The third-order valence-electron chi connectivity index (χ3n) is 4.91. The van der Waals surface area contributed by atoms with Crippen molar-refractivity contribution >= 4 is 29.9 Å². The van der Waals surface area contributed by atoms with Crippen molar-refractivity contribution in [3.63, 3.8) is 0 Å². The van der Waals surface area contributed by atoms with Gasteiger partial charge in [0.05, 0.1) is 25.4 Å². The summed E-state index contributed by atoms with van der Waals surface area (Å²) in [5.41, 5.74) is 0. The number of ether oxygens (including phenoxy) is 2. The molecule has 8 heteroatoms. The van der Waals surface area contributed by atoms with Crippen LogP contribution >= 0.6 is 24.0 Å². The highest BCUT2D eigenvalue weighted by Gasteiger charge is 2.23. The first-order chi connectivity index (χ1) is 13.0. The number of hydrogen-bond donors (Lipinski definition) is 2. The molecule has 2 heterocycles. The van der Waals surface area contributed by atoms with Gasteiger partial charge < -0.3 is 20.1 Å². The molecule has 0 aromatic carbocycles. The third-order valence-corrected chi connectivity index (χ3v) is 4.91. The molecule has 2 fully saturated rings. The van der Waals surface area contributed by atoms with Crippen molar-refractivity contribution in [2.75, 3.05) is 72.6 Å². The van der Waals surface area contributed by atoms with Crippen LogP contribution in [0.5, 0.6) is 0 Å². The number of hydrogen-bond acceptors (Lipinski definition) is 5. The molecule has 0 aliphatic carbocycles. The van der Waals surface area contributed by atoms with Gasteiger partial charge in [0, 0.05) is 59.4 Å². The minimum atomic E-state index is 0. The molecule has 0 aromatic heterocycles. The smallest absolute Gasteiger partial charge is 0.191 e. The Balaban J connectivity index is 0.00000392. The Hall–Kier alpha value is -0.160. The molecule has 0 radical (unpaired) electrons. The molecule has 7 nitrogen and oxygen atoms in total. The van der Waals surface area contributed by atoms with Crippen molar-refractivity contribution in [2.24, 2.45) is 16.8 Å². The summed E-state index contributed by atoms with van der Waals surface area (Å²) in [6.07, 6.45) is 0.423. The molecule has 2 N–H and O–H groups in total. The number of nitrogens with zero attached hydrogens (tertiary/aromatic N) is 3. The van der Waals surface area contributed by atoms with E-state index in [4.69, 9.17) is 9.47 Å². The molecule has 0 saturated carbocycles. The lowest BCUT2D eigenvalue weighted by Crippen LogP contribution is -2.52. The predicted octanol–water partition coefficient (Wildman–Crippen LogP) is 1.48. The minimum Gasteiger partial charge on any atom is -0.374 e. The Labute approximate surface area is 189 Å². The van der Waals surface area contributed by atoms with Gasteiger partial charge in [-0.05, 0) is 11.8 Å². The number of aliphatic imine (C=N–C) groups is 1. The highest BCUT2D eigenvalue weighted by molar-refractivity contribution is 14.0. The first kappa shape index (κ1) is 25.9. The second-order valence-electron chi connectivity index (χ2n) is 8.63. The number of nitrogens with one attached hydrogen (secondary N) is 2. The second-order valence-corrected chi connectivity index (χ2v) is 8.63. The molecule has 28 heavy (non-hydrogen) atoms. The van der Waals surface area contributed by atoms with E-state index in [9.17, 15) is 0 Å². The van der Waals surface area contributed by atoms with E-state index in [1.807, 2.05) is 7.05 Å². The molecule has 166 valence electrons. The van der Waals surface area contributed by atoms with Crippen LogP contribution in [0, 0.1) is 11.8 Å². The quantitative estimate of drug-likeness (QED) is 0.293. The van der Waals surface area contributed by atoms with Gasteiger partial charge in [0.1, 0.15) is 0 Å². The van der Waals surface area contributed by atoms with Gasteiger partial charge in [-0.3, -0.25) is 14.8 Å². The molecule has 2 atom stereocenters. The maximum Gasteiger partial charge on any atom is 0.191 e. The largest absolute Gasteiger partial charge is 0.374 e. The SMILES string of the molecule is CN=C(NCC1CN(CC(C)C)CCO1)NCC1CN(CC(C)C)CCO1.I. The van der Waals surface area contributed by atoms with Gasteiger partial charge >= 0.3 is 0 Å². The van der Waals surface area contributed by atoms with Crippen LogP contribution in [-0.2, 0) is 9.47 Å². The van der Waals surface area contributed by atoms with Crippen molar-refractivity contribution < 1.29 is 9.47 Å². The van der Waals surface area contributed by atoms with E-state index in [0.29, 0.717) is 11.8 Å². The maximum absolute atomic E-state index is 5.91. The van der Waals surface area contributed by atoms with Crippen LogP contribution in [0.4, 0.5) is 0 Å². The van der Waals surface area contributed by atoms with Crippen molar-refractivity contribution in [3.05, 3.63) is 0 Å². The van der Waals surface area contributed by atoms with E-state index in [0.717, 1.165) is 71.5 Å². The lowest BCUT2D eigenvalue weighted by atomic mass is 10.2. The van der Waals surface area contributed by atoms with E-state index in [1.54, 1.807) is 0 Å². The molecule has 0 spiro atoms. The molecule has 2 saturated heterocycles. The highest BCUT2D eigenvalue weighted by Crippen LogP contribution is 2.08. The fourth-order valence-corrected chi connectivity index (χ4v) is 3.81. The first-order valence-electron chi connectivity index (χ1n) is 10.6. The second kappa shape index (κ2) is 14.0. The maximum atomic E-state index is 5.91. The van der Waals surface area contributed by atoms with Crippen LogP contribution in [0.15, 0.2) is 4.99 Å². The average molecular weight is 511 g/mol. The van der Waals surface area contributed by atoms with E-state index in [1.165, 1.54) is 0 Å². The monoisotopic (exact) mass is 511 g/mol. The van der Waals surface area contributed by atoms with Crippen molar-refractivity contribution in [1.82, 2.24) is 20.4 Å². The van der Waals surface area contributed by atoms with Gasteiger partial charge in [-0.15, -0.1) is 24.0 Å². The molecular formula is C20H42IN5O2. The molecular weight excluding hydrogens is 469 g/mol. The highest BCUT2D eigenvalue weighted by atomic mass is 127. The Morgan fingerprint density at radius 2 is 1.32 bits per heavy atom. The summed E-state index contributed by atoms with van der Waals surface area (Å²) in [6.45, 7) is 18.6. The summed E-state index contributed by atoms with van der Waals surface area (Å²) < 4.78 is 11.8. The Bertz CT molecular complexity index is 414. The van der Waals surface area contributed by atoms with Gasteiger partial charge in [-0.25, -0.2) is 0 Å². The van der Waals surface area contributed by atoms with E-state index >= 15 is 0 Å².